The van der Waals surface area contributed by atoms with Crippen LogP contribution in [-0.2, 0) is 4.79 Å². The Labute approximate surface area is 147 Å². The fourth-order valence-corrected chi connectivity index (χ4v) is 2.55. The number of hydrogen-bond donors (Lipinski definition) is 4. The van der Waals surface area contributed by atoms with Crippen LogP contribution in [0.5, 0.6) is 0 Å². The third kappa shape index (κ3) is 5.25. The average Bonchev–Trinajstić information content (AvgIpc) is 2.98. The Morgan fingerprint density at radius 3 is 2.68 bits per heavy atom. The molecule has 1 unspecified atom stereocenters. The highest BCUT2D eigenvalue weighted by molar-refractivity contribution is 5.96. The standard InChI is InChI=1S/C17H26N6O2/c1-10(2)9-13(16(24)20-11(3)6-7-18)22-17(25)15-21-12-5-4-8-19-14(12)23-15/h4-5,8,10-11,13H,6-7,9,18H2,1-3H3,(H,20,24)(H,22,25)(H,19,21,23)/t11?,13-/m0/s1. The molecule has 2 aromatic rings. The van der Waals surface area contributed by atoms with Gasteiger partial charge in [0.2, 0.25) is 5.91 Å². The minimum atomic E-state index is -0.631. The average molecular weight is 346 g/mol. The Balaban J connectivity index is 2.09. The number of pyridine rings is 1. The second-order valence-corrected chi connectivity index (χ2v) is 6.60. The second kappa shape index (κ2) is 8.57. The fraction of sp³-hybridized carbons (Fsp3) is 0.529. The number of nitrogens with one attached hydrogen (secondary N) is 3. The predicted molar refractivity (Wildman–Crippen MR) is 95.9 cm³/mol. The number of carbonyl (C=O) groups is 2. The molecule has 0 spiro atoms. The highest BCUT2D eigenvalue weighted by atomic mass is 16.2. The van der Waals surface area contributed by atoms with Crippen molar-refractivity contribution in [2.24, 2.45) is 11.7 Å². The van der Waals surface area contributed by atoms with E-state index in [9.17, 15) is 9.59 Å². The van der Waals surface area contributed by atoms with Crippen LogP contribution in [0.3, 0.4) is 0 Å². The topological polar surface area (TPSA) is 126 Å². The maximum absolute atomic E-state index is 12.5. The monoisotopic (exact) mass is 346 g/mol. The number of aromatic amines is 1. The molecule has 0 radical (unpaired) electrons. The molecule has 5 N–H and O–H groups in total. The van der Waals surface area contributed by atoms with Crippen LogP contribution in [0.1, 0.15) is 44.2 Å². The lowest BCUT2D eigenvalue weighted by Gasteiger charge is -2.22. The second-order valence-electron chi connectivity index (χ2n) is 6.60. The molecule has 136 valence electrons. The molecule has 25 heavy (non-hydrogen) atoms. The van der Waals surface area contributed by atoms with Gasteiger partial charge in [0.1, 0.15) is 6.04 Å². The van der Waals surface area contributed by atoms with Crippen molar-refractivity contribution in [3.05, 3.63) is 24.2 Å². The normalized spacial score (nSPS) is 13.6. The molecule has 0 aliphatic heterocycles. The summed E-state index contributed by atoms with van der Waals surface area (Å²) >= 11 is 0. The predicted octanol–water partition coefficient (Wildman–Crippen LogP) is 0.956. The van der Waals surface area contributed by atoms with Gasteiger partial charge >= 0.3 is 0 Å². The lowest BCUT2D eigenvalue weighted by atomic mass is 10.0. The van der Waals surface area contributed by atoms with Gasteiger partial charge in [-0.15, -0.1) is 0 Å². The zero-order valence-corrected chi connectivity index (χ0v) is 14.9. The zero-order valence-electron chi connectivity index (χ0n) is 14.9. The van der Waals surface area contributed by atoms with Crippen LogP contribution in [0.25, 0.3) is 11.2 Å². The summed E-state index contributed by atoms with van der Waals surface area (Å²) in [4.78, 5) is 36.2. The SMILES string of the molecule is CC(C)C[C@H](NC(=O)c1nc2ncccc2[nH]1)C(=O)NC(C)CCN. The zero-order chi connectivity index (χ0) is 18.4. The van der Waals surface area contributed by atoms with Crippen LogP contribution in [-0.4, -0.2) is 45.4 Å². The van der Waals surface area contributed by atoms with Gasteiger partial charge in [0.15, 0.2) is 11.5 Å². The summed E-state index contributed by atoms with van der Waals surface area (Å²) in [5.74, 6) is -0.244. The maximum Gasteiger partial charge on any atom is 0.287 e. The van der Waals surface area contributed by atoms with E-state index in [1.165, 1.54) is 0 Å². The smallest absolute Gasteiger partial charge is 0.287 e. The van der Waals surface area contributed by atoms with Gasteiger partial charge in [0.05, 0.1) is 5.52 Å². The third-order valence-electron chi connectivity index (χ3n) is 3.79. The van der Waals surface area contributed by atoms with E-state index >= 15 is 0 Å². The molecule has 2 aromatic heterocycles. The van der Waals surface area contributed by atoms with Gasteiger partial charge in [-0.05, 0) is 44.4 Å². The number of hydrogen-bond acceptors (Lipinski definition) is 5. The van der Waals surface area contributed by atoms with Gasteiger partial charge in [0.25, 0.3) is 5.91 Å². The lowest BCUT2D eigenvalue weighted by molar-refractivity contribution is -0.124. The summed E-state index contributed by atoms with van der Waals surface area (Å²) in [5.41, 5.74) is 6.66. The van der Waals surface area contributed by atoms with Crippen LogP contribution < -0.4 is 16.4 Å². The molecule has 0 aliphatic carbocycles. The van der Waals surface area contributed by atoms with Gasteiger partial charge in [-0.1, -0.05) is 13.8 Å². The van der Waals surface area contributed by atoms with Crippen LogP contribution in [0.15, 0.2) is 18.3 Å². The lowest BCUT2D eigenvalue weighted by Crippen LogP contribution is -2.50. The van der Waals surface area contributed by atoms with Crippen molar-refractivity contribution in [1.82, 2.24) is 25.6 Å². The van der Waals surface area contributed by atoms with Crippen LogP contribution >= 0.6 is 0 Å². The summed E-state index contributed by atoms with van der Waals surface area (Å²) < 4.78 is 0. The third-order valence-corrected chi connectivity index (χ3v) is 3.79. The minimum absolute atomic E-state index is 0.0422. The molecule has 2 rings (SSSR count). The molecule has 8 heteroatoms. The van der Waals surface area contributed by atoms with Gasteiger partial charge in [-0.3, -0.25) is 9.59 Å². The minimum Gasteiger partial charge on any atom is -0.352 e. The molecule has 0 aliphatic rings. The van der Waals surface area contributed by atoms with E-state index in [0.717, 1.165) is 0 Å². The molecular formula is C17H26N6O2. The van der Waals surface area contributed by atoms with Crippen LogP contribution in [0.2, 0.25) is 0 Å². The summed E-state index contributed by atoms with van der Waals surface area (Å²) in [5, 5.41) is 5.66. The first-order valence-corrected chi connectivity index (χ1v) is 8.52. The van der Waals surface area contributed by atoms with Gasteiger partial charge in [-0.2, -0.15) is 0 Å². The molecule has 0 bridgehead atoms. The van der Waals surface area contributed by atoms with Crippen LogP contribution in [0.4, 0.5) is 0 Å². The fourth-order valence-electron chi connectivity index (χ4n) is 2.55. The molecule has 0 fully saturated rings. The number of H-pyrrole nitrogens is 1. The molecule has 2 heterocycles. The first-order chi connectivity index (χ1) is 11.9. The van der Waals surface area contributed by atoms with Crippen molar-refractivity contribution in [3.63, 3.8) is 0 Å². The number of rotatable bonds is 8. The molecule has 0 saturated carbocycles. The quantitative estimate of drug-likeness (QED) is 0.566. The van der Waals surface area contributed by atoms with E-state index in [0.29, 0.717) is 30.6 Å². The van der Waals surface area contributed by atoms with Gasteiger partial charge in [-0.25, -0.2) is 9.97 Å². The highest BCUT2D eigenvalue weighted by Gasteiger charge is 2.24. The van der Waals surface area contributed by atoms with Crippen molar-refractivity contribution >= 4 is 23.0 Å². The number of carbonyl (C=O) groups excluding carboxylic acids is 2. The highest BCUT2D eigenvalue weighted by Crippen LogP contribution is 2.10. The molecule has 2 atom stereocenters. The van der Waals surface area contributed by atoms with Crippen molar-refractivity contribution < 1.29 is 9.59 Å². The van der Waals surface area contributed by atoms with Crippen LogP contribution in [0, 0.1) is 5.92 Å². The molecule has 0 aromatic carbocycles. The van der Waals surface area contributed by atoms with Crippen molar-refractivity contribution in [2.45, 2.75) is 45.7 Å². The molecule has 8 nitrogen and oxygen atoms in total. The summed E-state index contributed by atoms with van der Waals surface area (Å²) in [6, 6.07) is 2.88. The Morgan fingerprint density at radius 1 is 1.28 bits per heavy atom. The number of fused-ring (bicyclic) bond motifs is 1. The van der Waals surface area contributed by atoms with Crippen molar-refractivity contribution in [1.29, 1.82) is 0 Å². The van der Waals surface area contributed by atoms with Gasteiger partial charge < -0.3 is 21.4 Å². The Kier molecular flexibility index (Phi) is 6.46. The Morgan fingerprint density at radius 2 is 2.04 bits per heavy atom. The van der Waals surface area contributed by atoms with E-state index in [2.05, 4.69) is 25.6 Å². The van der Waals surface area contributed by atoms with E-state index in [1.54, 1.807) is 18.3 Å². The molecular weight excluding hydrogens is 320 g/mol. The van der Waals surface area contributed by atoms with E-state index < -0.39 is 11.9 Å². The van der Waals surface area contributed by atoms with Gasteiger partial charge in [0, 0.05) is 12.2 Å². The first kappa shape index (κ1) is 18.9. The van der Waals surface area contributed by atoms with E-state index in [4.69, 9.17) is 5.73 Å². The number of imidazole rings is 1. The number of nitrogens with two attached hydrogens (primary N) is 1. The number of amides is 2. The Bertz CT molecular complexity index is 694. The summed E-state index contributed by atoms with van der Waals surface area (Å²) in [6.45, 7) is 6.39. The number of aromatic nitrogens is 3. The van der Waals surface area contributed by atoms with Crippen molar-refractivity contribution in [2.75, 3.05) is 6.54 Å². The maximum atomic E-state index is 12.5. The first-order valence-electron chi connectivity index (χ1n) is 8.52. The van der Waals surface area contributed by atoms with E-state index in [-0.39, 0.29) is 23.7 Å². The summed E-state index contributed by atoms with van der Waals surface area (Å²) in [7, 11) is 0. The van der Waals surface area contributed by atoms with Crippen molar-refractivity contribution in [3.8, 4) is 0 Å². The largest absolute Gasteiger partial charge is 0.352 e. The molecule has 2 amide bonds. The molecule has 0 saturated heterocycles. The summed E-state index contributed by atoms with van der Waals surface area (Å²) in [6.07, 6.45) is 2.83. The van der Waals surface area contributed by atoms with E-state index in [1.807, 2.05) is 20.8 Å². The number of nitrogens with zero attached hydrogens (tertiary/aromatic N) is 2. The Hall–Kier alpha value is -2.48.